The summed E-state index contributed by atoms with van der Waals surface area (Å²) in [5.41, 5.74) is 2.31. The third-order valence-electron chi connectivity index (χ3n) is 2.95. The number of ether oxygens (including phenoxy) is 2. The van der Waals surface area contributed by atoms with E-state index in [1.807, 2.05) is 50.2 Å². The topological polar surface area (TPSA) is 30.5 Å². The van der Waals surface area contributed by atoms with Gasteiger partial charge in [0, 0.05) is 12.2 Å². The van der Waals surface area contributed by atoms with Crippen molar-refractivity contribution in [3.63, 3.8) is 0 Å². The fraction of sp³-hybridized carbons (Fsp3) is 0.333. The average molecular weight is 285 g/mol. The second kappa shape index (κ2) is 7.58. The van der Waals surface area contributed by atoms with E-state index in [0.29, 0.717) is 6.61 Å². The number of benzene rings is 2. The molecule has 0 aliphatic heterocycles. The average Bonchev–Trinajstić information content (AvgIpc) is 2.46. The fourth-order valence-corrected chi connectivity index (χ4v) is 1.92. The first-order valence-electron chi connectivity index (χ1n) is 7.33. The standard InChI is InChI=1S/C18H23NO2/c1-14(2)21-18-10-6-16(7-11-18)19-12-13-20-17-8-4-15(3)5-9-17/h4-11,14,19H,12-13H2,1-3H3. The molecular weight excluding hydrogens is 262 g/mol. The van der Waals surface area contributed by atoms with Gasteiger partial charge in [-0.3, -0.25) is 0 Å². The fourth-order valence-electron chi connectivity index (χ4n) is 1.92. The smallest absolute Gasteiger partial charge is 0.119 e. The Kier molecular flexibility index (Phi) is 5.50. The van der Waals surface area contributed by atoms with Crippen LogP contribution in [0, 0.1) is 6.92 Å². The van der Waals surface area contributed by atoms with E-state index in [1.54, 1.807) is 0 Å². The molecule has 0 aliphatic rings. The molecule has 0 radical (unpaired) electrons. The van der Waals surface area contributed by atoms with Gasteiger partial charge in [0.25, 0.3) is 0 Å². The quantitative estimate of drug-likeness (QED) is 0.770. The normalized spacial score (nSPS) is 10.5. The Morgan fingerprint density at radius 2 is 1.52 bits per heavy atom. The van der Waals surface area contributed by atoms with Crippen molar-refractivity contribution in [2.45, 2.75) is 26.9 Å². The molecule has 0 heterocycles. The molecule has 3 heteroatoms. The van der Waals surface area contributed by atoms with Crippen LogP contribution in [0.4, 0.5) is 5.69 Å². The van der Waals surface area contributed by atoms with E-state index in [2.05, 4.69) is 24.4 Å². The molecule has 3 nitrogen and oxygen atoms in total. The van der Waals surface area contributed by atoms with Crippen molar-refractivity contribution < 1.29 is 9.47 Å². The van der Waals surface area contributed by atoms with Crippen molar-refractivity contribution in [3.05, 3.63) is 54.1 Å². The second-order valence-electron chi connectivity index (χ2n) is 5.28. The molecule has 0 aliphatic carbocycles. The van der Waals surface area contributed by atoms with Crippen molar-refractivity contribution >= 4 is 5.69 Å². The van der Waals surface area contributed by atoms with E-state index >= 15 is 0 Å². The molecule has 2 rings (SSSR count). The monoisotopic (exact) mass is 285 g/mol. The maximum atomic E-state index is 5.67. The SMILES string of the molecule is Cc1ccc(OCCNc2ccc(OC(C)C)cc2)cc1. The second-order valence-corrected chi connectivity index (χ2v) is 5.28. The van der Waals surface area contributed by atoms with E-state index in [4.69, 9.17) is 9.47 Å². The Morgan fingerprint density at radius 1 is 0.905 bits per heavy atom. The summed E-state index contributed by atoms with van der Waals surface area (Å²) >= 11 is 0. The van der Waals surface area contributed by atoms with E-state index < -0.39 is 0 Å². The number of aryl methyl sites for hydroxylation is 1. The predicted octanol–water partition coefficient (Wildman–Crippen LogP) is 4.27. The molecule has 0 bridgehead atoms. The number of hydrogen-bond acceptors (Lipinski definition) is 3. The highest BCUT2D eigenvalue weighted by molar-refractivity contribution is 5.46. The molecule has 21 heavy (non-hydrogen) atoms. The van der Waals surface area contributed by atoms with Crippen molar-refractivity contribution in [3.8, 4) is 11.5 Å². The van der Waals surface area contributed by atoms with Gasteiger partial charge in [-0.25, -0.2) is 0 Å². The Bertz CT molecular complexity index is 532. The predicted molar refractivity (Wildman–Crippen MR) is 87.4 cm³/mol. The van der Waals surface area contributed by atoms with E-state index in [-0.39, 0.29) is 6.10 Å². The van der Waals surface area contributed by atoms with Crippen LogP contribution in [0.2, 0.25) is 0 Å². The zero-order chi connectivity index (χ0) is 15.1. The van der Waals surface area contributed by atoms with Gasteiger partial charge < -0.3 is 14.8 Å². The summed E-state index contributed by atoms with van der Waals surface area (Å²) in [5.74, 6) is 1.80. The van der Waals surface area contributed by atoms with Gasteiger partial charge in [-0.1, -0.05) is 17.7 Å². The molecule has 0 aromatic heterocycles. The van der Waals surface area contributed by atoms with Crippen LogP contribution in [0.1, 0.15) is 19.4 Å². The van der Waals surface area contributed by atoms with E-state index in [9.17, 15) is 0 Å². The first kappa shape index (κ1) is 15.2. The van der Waals surface area contributed by atoms with Crippen molar-refractivity contribution in [2.24, 2.45) is 0 Å². The van der Waals surface area contributed by atoms with Crippen LogP contribution >= 0.6 is 0 Å². The lowest BCUT2D eigenvalue weighted by molar-refractivity contribution is 0.242. The highest BCUT2D eigenvalue weighted by atomic mass is 16.5. The van der Waals surface area contributed by atoms with Gasteiger partial charge in [0.1, 0.15) is 18.1 Å². The summed E-state index contributed by atoms with van der Waals surface area (Å²) in [4.78, 5) is 0. The Labute approximate surface area is 126 Å². The lowest BCUT2D eigenvalue weighted by atomic mass is 10.2. The third-order valence-corrected chi connectivity index (χ3v) is 2.95. The van der Waals surface area contributed by atoms with Crippen LogP contribution in [0.15, 0.2) is 48.5 Å². The van der Waals surface area contributed by atoms with Gasteiger partial charge in [0.15, 0.2) is 0 Å². The summed E-state index contributed by atoms with van der Waals surface area (Å²) in [6, 6.07) is 16.1. The minimum Gasteiger partial charge on any atom is -0.492 e. The van der Waals surface area contributed by atoms with Gasteiger partial charge in [-0.15, -0.1) is 0 Å². The first-order valence-corrected chi connectivity index (χ1v) is 7.33. The minimum absolute atomic E-state index is 0.201. The maximum absolute atomic E-state index is 5.67. The summed E-state index contributed by atoms with van der Waals surface area (Å²) in [5, 5.41) is 3.33. The van der Waals surface area contributed by atoms with Gasteiger partial charge in [0.05, 0.1) is 6.10 Å². The number of nitrogens with one attached hydrogen (secondary N) is 1. The molecule has 0 saturated carbocycles. The zero-order valence-corrected chi connectivity index (χ0v) is 12.9. The van der Waals surface area contributed by atoms with E-state index in [0.717, 1.165) is 23.7 Å². The molecular formula is C18H23NO2. The van der Waals surface area contributed by atoms with Crippen LogP contribution in [0.5, 0.6) is 11.5 Å². The molecule has 2 aromatic carbocycles. The Hall–Kier alpha value is -2.16. The number of hydrogen-bond donors (Lipinski definition) is 1. The molecule has 0 unspecified atom stereocenters. The molecule has 2 aromatic rings. The van der Waals surface area contributed by atoms with Gasteiger partial charge >= 0.3 is 0 Å². The lowest BCUT2D eigenvalue weighted by Crippen LogP contribution is -2.11. The zero-order valence-electron chi connectivity index (χ0n) is 12.9. The third kappa shape index (κ3) is 5.38. The van der Waals surface area contributed by atoms with Gasteiger partial charge in [0.2, 0.25) is 0 Å². The summed E-state index contributed by atoms with van der Waals surface area (Å²) in [7, 11) is 0. The van der Waals surface area contributed by atoms with Crippen LogP contribution in [0.25, 0.3) is 0 Å². The molecule has 0 saturated heterocycles. The van der Waals surface area contributed by atoms with Crippen LogP contribution in [-0.2, 0) is 0 Å². The Morgan fingerprint density at radius 3 is 2.14 bits per heavy atom. The summed E-state index contributed by atoms with van der Waals surface area (Å²) < 4.78 is 11.3. The van der Waals surface area contributed by atoms with Crippen molar-refractivity contribution in [1.29, 1.82) is 0 Å². The van der Waals surface area contributed by atoms with Crippen molar-refractivity contribution in [2.75, 3.05) is 18.5 Å². The van der Waals surface area contributed by atoms with Gasteiger partial charge in [-0.05, 0) is 57.2 Å². The largest absolute Gasteiger partial charge is 0.492 e. The van der Waals surface area contributed by atoms with Crippen LogP contribution in [0.3, 0.4) is 0 Å². The molecule has 0 amide bonds. The molecule has 0 spiro atoms. The molecule has 0 atom stereocenters. The highest BCUT2D eigenvalue weighted by Crippen LogP contribution is 2.17. The van der Waals surface area contributed by atoms with Crippen molar-refractivity contribution in [1.82, 2.24) is 0 Å². The lowest BCUT2D eigenvalue weighted by Gasteiger charge is -2.11. The van der Waals surface area contributed by atoms with Crippen LogP contribution in [-0.4, -0.2) is 19.3 Å². The van der Waals surface area contributed by atoms with Gasteiger partial charge in [-0.2, -0.15) is 0 Å². The highest BCUT2D eigenvalue weighted by Gasteiger charge is 1.98. The minimum atomic E-state index is 0.201. The summed E-state index contributed by atoms with van der Waals surface area (Å²) in [6.45, 7) is 7.51. The summed E-state index contributed by atoms with van der Waals surface area (Å²) in [6.07, 6.45) is 0.201. The molecule has 0 fully saturated rings. The number of anilines is 1. The van der Waals surface area contributed by atoms with Crippen LogP contribution < -0.4 is 14.8 Å². The Balaban J connectivity index is 1.72. The molecule has 112 valence electrons. The van der Waals surface area contributed by atoms with E-state index in [1.165, 1.54) is 5.56 Å². The maximum Gasteiger partial charge on any atom is 0.119 e. The molecule has 1 N–H and O–H groups in total. The number of rotatable bonds is 7. The first-order chi connectivity index (χ1) is 10.1.